The SMILES string of the molecule is COc1ccccc1-c1nc(C(=O)N(C)Cc2cccc(Cl)c2)cs1. The molecule has 0 aliphatic carbocycles. The number of hydrogen-bond donors (Lipinski definition) is 0. The molecule has 2 aromatic carbocycles. The van der Waals surface area contributed by atoms with Crippen LogP contribution in [0.1, 0.15) is 16.1 Å². The highest BCUT2D eigenvalue weighted by atomic mass is 35.5. The van der Waals surface area contributed by atoms with Crippen molar-refractivity contribution in [2.45, 2.75) is 6.54 Å². The summed E-state index contributed by atoms with van der Waals surface area (Å²) in [5.74, 6) is 0.612. The van der Waals surface area contributed by atoms with Gasteiger partial charge in [-0.3, -0.25) is 4.79 Å². The van der Waals surface area contributed by atoms with Crippen LogP contribution in [0.15, 0.2) is 53.9 Å². The molecule has 0 saturated heterocycles. The molecule has 3 aromatic rings. The summed E-state index contributed by atoms with van der Waals surface area (Å²) >= 11 is 7.43. The maximum atomic E-state index is 12.6. The molecule has 3 rings (SSSR count). The van der Waals surface area contributed by atoms with Crippen LogP contribution < -0.4 is 4.74 Å². The van der Waals surface area contributed by atoms with Crippen molar-refractivity contribution in [3.05, 3.63) is 70.2 Å². The molecule has 1 heterocycles. The zero-order valence-corrected chi connectivity index (χ0v) is 15.5. The fraction of sp³-hybridized carbons (Fsp3) is 0.158. The van der Waals surface area contributed by atoms with Gasteiger partial charge in [-0.2, -0.15) is 0 Å². The third-order valence-electron chi connectivity index (χ3n) is 3.72. The molecule has 0 spiro atoms. The molecule has 128 valence electrons. The van der Waals surface area contributed by atoms with Crippen molar-refractivity contribution < 1.29 is 9.53 Å². The molecular formula is C19H17ClN2O2S. The van der Waals surface area contributed by atoms with E-state index >= 15 is 0 Å². The number of methoxy groups -OCH3 is 1. The van der Waals surface area contributed by atoms with E-state index in [-0.39, 0.29) is 5.91 Å². The van der Waals surface area contributed by atoms with E-state index in [0.29, 0.717) is 17.3 Å². The maximum Gasteiger partial charge on any atom is 0.273 e. The molecule has 0 radical (unpaired) electrons. The quantitative estimate of drug-likeness (QED) is 0.649. The summed E-state index contributed by atoms with van der Waals surface area (Å²) in [6.07, 6.45) is 0. The highest BCUT2D eigenvalue weighted by molar-refractivity contribution is 7.13. The number of amides is 1. The van der Waals surface area contributed by atoms with Crippen LogP contribution in [-0.2, 0) is 6.54 Å². The Bertz CT molecular complexity index is 894. The number of halogens is 1. The van der Waals surface area contributed by atoms with Crippen molar-refractivity contribution in [3.63, 3.8) is 0 Å². The van der Waals surface area contributed by atoms with E-state index in [0.717, 1.165) is 21.9 Å². The Morgan fingerprint density at radius 3 is 2.80 bits per heavy atom. The number of ether oxygens (including phenoxy) is 1. The van der Waals surface area contributed by atoms with E-state index in [1.807, 2.05) is 48.5 Å². The first-order valence-electron chi connectivity index (χ1n) is 7.67. The van der Waals surface area contributed by atoms with Crippen LogP contribution in [0, 0.1) is 0 Å². The number of nitrogens with zero attached hydrogens (tertiary/aromatic N) is 2. The van der Waals surface area contributed by atoms with E-state index in [1.165, 1.54) is 11.3 Å². The number of rotatable bonds is 5. The Hall–Kier alpha value is -2.37. The number of aromatic nitrogens is 1. The molecule has 0 fully saturated rings. The van der Waals surface area contributed by atoms with Gasteiger partial charge in [-0.15, -0.1) is 11.3 Å². The van der Waals surface area contributed by atoms with Gasteiger partial charge in [0.05, 0.1) is 12.7 Å². The summed E-state index contributed by atoms with van der Waals surface area (Å²) in [6.45, 7) is 0.473. The van der Waals surface area contributed by atoms with E-state index in [9.17, 15) is 4.79 Å². The second-order valence-electron chi connectivity index (χ2n) is 5.53. The van der Waals surface area contributed by atoms with Gasteiger partial charge in [0.2, 0.25) is 0 Å². The molecule has 0 atom stereocenters. The number of carbonyl (C=O) groups is 1. The minimum atomic E-state index is -0.127. The monoisotopic (exact) mass is 372 g/mol. The highest BCUT2D eigenvalue weighted by Crippen LogP contribution is 2.32. The number of carbonyl (C=O) groups excluding carboxylic acids is 1. The van der Waals surface area contributed by atoms with Crippen molar-refractivity contribution in [2.75, 3.05) is 14.2 Å². The predicted octanol–water partition coefficient (Wildman–Crippen LogP) is 4.74. The summed E-state index contributed by atoms with van der Waals surface area (Å²) in [5, 5.41) is 3.20. The van der Waals surface area contributed by atoms with Gasteiger partial charge < -0.3 is 9.64 Å². The third kappa shape index (κ3) is 4.00. The normalized spacial score (nSPS) is 10.5. The van der Waals surface area contributed by atoms with Gasteiger partial charge in [0.1, 0.15) is 16.5 Å². The van der Waals surface area contributed by atoms with Gasteiger partial charge >= 0.3 is 0 Å². The van der Waals surface area contributed by atoms with Gasteiger partial charge in [0.25, 0.3) is 5.91 Å². The van der Waals surface area contributed by atoms with Crippen LogP contribution in [0.25, 0.3) is 10.6 Å². The molecule has 0 aliphatic heterocycles. The molecule has 6 heteroatoms. The Morgan fingerprint density at radius 1 is 1.24 bits per heavy atom. The van der Waals surface area contributed by atoms with Crippen LogP contribution in [0.2, 0.25) is 5.02 Å². The molecule has 0 bridgehead atoms. The fourth-order valence-electron chi connectivity index (χ4n) is 2.49. The van der Waals surface area contributed by atoms with Crippen molar-refractivity contribution in [2.24, 2.45) is 0 Å². The average Bonchev–Trinajstić information content (AvgIpc) is 3.11. The largest absolute Gasteiger partial charge is 0.496 e. The lowest BCUT2D eigenvalue weighted by Gasteiger charge is -2.16. The lowest BCUT2D eigenvalue weighted by molar-refractivity contribution is 0.0780. The minimum Gasteiger partial charge on any atom is -0.496 e. The summed E-state index contributed by atoms with van der Waals surface area (Å²) in [6, 6.07) is 15.1. The zero-order chi connectivity index (χ0) is 17.8. The van der Waals surface area contributed by atoms with Crippen LogP contribution in [0.3, 0.4) is 0 Å². The molecular weight excluding hydrogens is 356 g/mol. The summed E-state index contributed by atoms with van der Waals surface area (Å²) in [5.41, 5.74) is 2.28. The standard InChI is InChI=1S/C19H17ClN2O2S/c1-22(11-13-6-5-7-14(20)10-13)19(23)16-12-25-18(21-16)15-8-3-4-9-17(15)24-2/h3-10,12H,11H2,1-2H3. The molecule has 0 N–H and O–H groups in total. The summed E-state index contributed by atoms with van der Waals surface area (Å²) in [4.78, 5) is 18.8. The Labute approximate surface area is 155 Å². The van der Waals surface area contributed by atoms with E-state index in [2.05, 4.69) is 4.98 Å². The van der Waals surface area contributed by atoms with Gasteiger partial charge in [0, 0.05) is 24.0 Å². The Balaban J connectivity index is 1.78. The predicted molar refractivity (Wildman–Crippen MR) is 101 cm³/mol. The Morgan fingerprint density at radius 2 is 2.04 bits per heavy atom. The van der Waals surface area contributed by atoms with E-state index in [4.69, 9.17) is 16.3 Å². The Kier molecular flexibility index (Phi) is 5.36. The topological polar surface area (TPSA) is 42.4 Å². The number of thiazole rings is 1. The lowest BCUT2D eigenvalue weighted by Crippen LogP contribution is -2.26. The summed E-state index contributed by atoms with van der Waals surface area (Å²) in [7, 11) is 3.38. The molecule has 0 aliphatic rings. The van der Waals surface area contributed by atoms with Crippen LogP contribution in [0.5, 0.6) is 5.75 Å². The van der Waals surface area contributed by atoms with Gasteiger partial charge in [0.15, 0.2) is 0 Å². The van der Waals surface area contributed by atoms with Crippen molar-refractivity contribution in [1.29, 1.82) is 0 Å². The molecule has 1 aromatic heterocycles. The van der Waals surface area contributed by atoms with Crippen molar-refractivity contribution in [3.8, 4) is 16.3 Å². The molecule has 4 nitrogen and oxygen atoms in total. The van der Waals surface area contributed by atoms with Gasteiger partial charge in [-0.1, -0.05) is 35.9 Å². The first kappa shape index (κ1) is 17.5. The molecule has 0 saturated carbocycles. The maximum absolute atomic E-state index is 12.6. The second kappa shape index (κ2) is 7.68. The number of hydrogen-bond acceptors (Lipinski definition) is 4. The first-order valence-corrected chi connectivity index (χ1v) is 8.93. The lowest BCUT2D eigenvalue weighted by atomic mass is 10.2. The van der Waals surface area contributed by atoms with Crippen molar-refractivity contribution in [1.82, 2.24) is 9.88 Å². The third-order valence-corrected chi connectivity index (χ3v) is 4.83. The van der Waals surface area contributed by atoms with E-state index in [1.54, 1.807) is 24.4 Å². The molecule has 0 unspecified atom stereocenters. The van der Waals surface area contributed by atoms with E-state index < -0.39 is 0 Å². The molecule has 1 amide bonds. The smallest absolute Gasteiger partial charge is 0.273 e. The van der Waals surface area contributed by atoms with Crippen LogP contribution in [0.4, 0.5) is 0 Å². The van der Waals surface area contributed by atoms with Crippen molar-refractivity contribution >= 4 is 28.8 Å². The number of para-hydroxylation sites is 1. The minimum absolute atomic E-state index is 0.127. The van der Waals surface area contributed by atoms with Gasteiger partial charge in [-0.05, 0) is 29.8 Å². The molecule has 25 heavy (non-hydrogen) atoms. The highest BCUT2D eigenvalue weighted by Gasteiger charge is 2.17. The van der Waals surface area contributed by atoms with Gasteiger partial charge in [-0.25, -0.2) is 4.98 Å². The number of benzene rings is 2. The fourth-order valence-corrected chi connectivity index (χ4v) is 3.53. The average molecular weight is 373 g/mol. The van der Waals surface area contributed by atoms with Crippen LogP contribution >= 0.6 is 22.9 Å². The second-order valence-corrected chi connectivity index (χ2v) is 6.82. The first-order chi connectivity index (χ1) is 12.1. The van der Waals surface area contributed by atoms with Crippen LogP contribution in [-0.4, -0.2) is 29.9 Å². The zero-order valence-electron chi connectivity index (χ0n) is 13.9. The summed E-state index contributed by atoms with van der Waals surface area (Å²) < 4.78 is 5.37.